The molecule has 2 rings (SSSR count). The van der Waals surface area contributed by atoms with Crippen LogP contribution in [-0.2, 0) is 6.54 Å². The van der Waals surface area contributed by atoms with Crippen LogP contribution in [0.25, 0.3) is 0 Å². The molecule has 1 aromatic rings. The molecular formula is C9H10FNO4. The Kier molecular flexibility index (Phi) is 2.61. The van der Waals surface area contributed by atoms with Crippen LogP contribution in [0.1, 0.15) is 5.56 Å². The molecule has 1 aliphatic heterocycles. The topological polar surface area (TPSA) is 60.0 Å². The molecule has 0 spiro atoms. The number of methoxy groups -OCH3 is 1. The number of nitrogens with one attached hydrogen (secondary N) is 1. The average molecular weight is 215 g/mol. The van der Waals surface area contributed by atoms with Crippen molar-refractivity contribution in [3.8, 4) is 17.2 Å². The highest BCUT2D eigenvalue weighted by Gasteiger charge is 2.24. The predicted octanol–water partition coefficient (Wildman–Crippen LogP) is 1.04. The second-order valence-corrected chi connectivity index (χ2v) is 2.94. The van der Waals surface area contributed by atoms with Crippen molar-refractivity contribution in [3.63, 3.8) is 0 Å². The van der Waals surface area contributed by atoms with Crippen LogP contribution in [0, 0.1) is 5.82 Å². The van der Waals surface area contributed by atoms with E-state index in [1.54, 1.807) is 0 Å². The van der Waals surface area contributed by atoms with E-state index in [1.165, 1.54) is 13.2 Å². The van der Waals surface area contributed by atoms with Gasteiger partial charge < -0.3 is 19.4 Å². The van der Waals surface area contributed by atoms with E-state index in [0.717, 1.165) is 0 Å². The lowest BCUT2D eigenvalue weighted by Gasteiger charge is -2.09. The van der Waals surface area contributed by atoms with E-state index in [-0.39, 0.29) is 24.7 Å². The van der Waals surface area contributed by atoms with Crippen LogP contribution in [0.3, 0.4) is 0 Å². The van der Waals surface area contributed by atoms with E-state index in [9.17, 15) is 4.39 Å². The Balaban J connectivity index is 2.53. The molecule has 2 N–H and O–H groups in total. The number of halogens is 1. The van der Waals surface area contributed by atoms with Crippen LogP contribution in [0.5, 0.6) is 17.2 Å². The Morgan fingerprint density at radius 1 is 1.60 bits per heavy atom. The molecule has 0 atom stereocenters. The van der Waals surface area contributed by atoms with Gasteiger partial charge in [-0.05, 0) is 0 Å². The summed E-state index contributed by atoms with van der Waals surface area (Å²) in [5, 5.41) is 8.59. The van der Waals surface area contributed by atoms with Gasteiger partial charge in [-0.3, -0.25) is 0 Å². The van der Waals surface area contributed by atoms with Crippen molar-refractivity contribution in [3.05, 3.63) is 17.4 Å². The molecule has 0 aromatic heterocycles. The van der Waals surface area contributed by atoms with Crippen molar-refractivity contribution in [2.24, 2.45) is 0 Å². The number of ether oxygens (including phenoxy) is 3. The van der Waals surface area contributed by atoms with E-state index in [1.807, 2.05) is 5.48 Å². The smallest absolute Gasteiger partial charge is 0.231 e. The highest BCUT2D eigenvalue weighted by atomic mass is 19.1. The normalized spacial score (nSPS) is 13.0. The highest BCUT2D eigenvalue weighted by molar-refractivity contribution is 5.54. The van der Waals surface area contributed by atoms with Gasteiger partial charge in [0.1, 0.15) is 0 Å². The fourth-order valence-corrected chi connectivity index (χ4v) is 1.45. The standard InChI is InChI=1S/C9H10FNO4/c1-13-6-2-7-9(15-4-14-7)5(3-11-12)8(6)10/h2,11-12H,3-4H2,1H3. The molecule has 0 saturated carbocycles. The summed E-state index contributed by atoms with van der Waals surface area (Å²) in [7, 11) is 1.36. The maximum Gasteiger partial charge on any atom is 0.231 e. The maximum absolute atomic E-state index is 13.7. The maximum atomic E-state index is 13.7. The lowest BCUT2D eigenvalue weighted by molar-refractivity contribution is 0.154. The summed E-state index contributed by atoms with van der Waals surface area (Å²) in [6, 6.07) is 1.42. The van der Waals surface area contributed by atoms with Gasteiger partial charge in [-0.25, -0.2) is 9.87 Å². The van der Waals surface area contributed by atoms with Crippen molar-refractivity contribution < 1.29 is 23.8 Å². The predicted molar refractivity (Wildman–Crippen MR) is 47.7 cm³/mol. The van der Waals surface area contributed by atoms with Crippen LogP contribution in [0.2, 0.25) is 0 Å². The molecule has 1 heterocycles. The van der Waals surface area contributed by atoms with E-state index in [2.05, 4.69) is 0 Å². The van der Waals surface area contributed by atoms with Crippen molar-refractivity contribution in [1.82, 2.24) is 5.48 Å². The molecule has 6 heteroatoms. The molecule has 0 unspecified atom stereocenters. The molecule has 0 fully saturated rings. The minimum atomic E-state index is -0.566. The average Bonchev–Trinajstić information content (AvgIpc) is 2.69. The molecular weight excluding hydrogens is 205 g/mol. The van der Waals surface area contributed by atoms with Crippen LogP contribution < -0.4 is 19.7 Å². The summed E-state index contributed by atoms with van der Waals surface area (Å²) in [4.78, 5) is 0. The molecule has 15 heavy (non-hydrogen) atoms. The van der Waals surface area contributed by atoms with Gasteiger partial charge in [0.15, 0.2) is 23.1 Å². The molecule has 0 bridgehead atoms. The second kappa shape index (κ2) is 3.92. The van der Waals surface area contributed by atoms with Crippen LogP contribution in [-0.4, -0.2) is 19.1 Å². The van der Waals surface area contributed by atoms with E-state index >= 15 is 0 Å². The number of hydrogen-bond donors (Lipinski definition) is 2. The highest BCUT2D eigenvalue weighted by Crippen LogP contribution is 2.41. The number of fused-ring (bicyclic) bond motifs is 1. The summed E-state index contributed by atoms with van der Waals surface area (Å²) < 4.78 is 28.7. The Labute approximate surface area is 85.3 Å². The van der Waals surface area contributed by atoms with Crippen molar-refractivity contribution >= 4 is 0 Å². The van der Waals surface area contributed by atoms with Crippen molar-refractivity contribution in [2.45, 2.75) is 6.54 Å². The number of benzene rings is 1. The molecule has 0 amide bonds. The summed E-state index contributed by atoms with van der Waals surface area (Å²) in [5.41, 5.74) is 2.06. The fourth-order valence-electron chi connectivity index (χ4n) is 1.45. The quantitative estimate of drug-likeness (QED) is 0.738. The van der Waals surface area contributed by atoms with Crippen molar-refractivity contribution in [2.75, 3.05) is 13.9 Å². The van der Waals surface area contributed by atoms with Crippen LogP contribution in [0.4, 0.5) is 4.39 Å². The lowest BCUT2D eigenvalue weighted by Crippen LogP contribution is -2.09. The Bertz CT molecular complexity index is 382. The van der Waals surface area contributed by atoms with Gasteiger partial charge in [0.25, 0.3) is 0 Å². The summed E-state index contributed by atoms with van der Waals surface area (Å²) in [5.74, 6) is 0.209. The molecule has 82 valence electrons. The summed E-state index contributed by atoms with van der Waals surface area (Å²) in [6.07, 6.45) is 0. The summed E-state index contributed by atoms with van der Waals surface area (Å²) in [6.45, 7) is -0.0326. The van der Waals surface area contributed by atoms with Gasteiger partial charge in [0.2, 0.25) is 6.79 Å². The third-order valence-corrected chi connectivity index (χ3v) is 2.13. The number of hydrogen-bond acceptors (Lipinski definition) is 5. The minimum Gasteiger partial charge on any atom is -0.494 e. The first-order chi connectivity index (χ1) is 7.27. The Morgan fingerprint density at radius 2 is 2.40 bits per heavy atom. The Hall–Kier alpha value is -1.53. The minimum absolute atomic E-state index is 0.0420. The first kappa shape index (κ1) is 10.0. The second-order valence-electron chi connectivity index (χ2n) is 2.94. The molecule has 1 aromatic carbocycles. The van der Waals surface area contributed by atoms with Crippen LogP contribution >= 0.6 is 0 Å². The third kappa shape index (κ3) is 1.57. The van der Waals surface area contributed by atoms with E-state index in [4.69, 9.17) is 19.4 Å². The van der Waals surface area contributed by atoms with Gasteiger partial charge in [0.05, 0.1) is 19.2 Å². The van der Waals surface area contributed by atoms with Gasteiger partial charge in [-0.15, -0.1) is 0 Å². The van der Waals surface area contributed by atoms with Gasteiger partial charge in [0, 0.05) is 6.07 Å². The lowest BCUT2D eigenvalue weighted by atomic mass is 10.1. The van der Waals surface area contributed by atoms with Gasteiger partial charge in [-0.1, -0.05) is 0 Å². The third-order valence-electron chi connectivity index (χ3n) is 2.13. The molecule has 0 aliphatic carbocycles. The zero-order valence-corrected chi connectivity index (χ0v) is 8.04. The number of hydroxylamine groups is 1. The van der Waals surface area contributed by atoms with E-state index < -0.39 is 5.82 Å². The first-order valence-corrected chi connectivity index (χ1v) is 4.30. The molecule has 5 nitrogen and oxygen atoms in total. The zero-order chi connectivity index (χ0) is 10.8. The first-order valence-electron chi connectivity index (χ1n) is 4.30. The van der Waals surface area contributed by atoms with Crippen LogP contribution in [0.15, 0.2) is 6.07 Å². The number of rotatable bonds is 3. The zero-order valence-electron chi connectivity index (χ0n) is 8.04. The molecule has 1 aliphatic rings. The summed E-state index contributed by atoms with van der Waals surface area (Å²) >= 11 is 0. The fraction of sp³-hybridized carbons (Fsp3) is 0.333. The largest absolute Gasteiger partial charge is 0.494 e. The molecule has 0 saturated heterocycles. The monoisotopic (exact) mass is 215 g/mol. The Morgan fingerprint density at radius 3 is 3.07 bits per heavy atom. The van der Waals surface area contributed by atoms with Crippen molar-refractivity contribution in [1.29, 1.82) is 0 Å². The van der Waals surface area contributed by atoms with E-state index in [0.29, 0.717) is 11.5 Å². The van der Waals surface area contributed by atoms with Gasteiger partial charge in [-0.2, -0.15) is 0 Å². The molecule has 0 radical (unpaired) electrons. The van der Waals surface area contributed by atoms with Gasteiger partial charge >= 0.3 is 0 Å². The SMILES string of the molecule is COc1cc2c(c(CNO)c1F)OCO2.